The quantitative estimate of drug-likeness (QED) is 0.560. The number of halogens is 1. The SMILES string of the molecule is OBOC(Cl)Cc1ccccc1. The maximum atomic E-state index is 8.41. The van der Waals surface area contributed by atoms with E-state index in [0.717, 1.165) is 5.56 Å². The van der Waals surface area contributed by atoms with Crippen LogP contribution < -0.4 is 0 Å². The average Bonchev–Trinajstić information content (AvgIpc) is 2.06. The van der Waals surface area contributed by atoms with Gasteiger partial charge < -0.3 is 9.68 Å². The minimum atomic E-state index is -0.447. The van der Waals surface area contributed by atoms with Gasteiger partial charge in [0.25, 0.3) is 0 Å². The molecule has 0 radical (unpaired) electrons. The smallest absolute Gasteiger partial charge is 0.430 e. The summed E-state index contributed by atoms with van der Waals surface area (Å²) in [5, 5.41) is 8.41. The number of hydrogen-bond acceptors (Lipinski definition) is 2. The zero-order valence-electron chi connectivity index (χ0n) is 6.61. The molecule has 0 amide bonds. The number of alkyl halides is 1. The third-order valence-electron chi connectivity index (χ3n) is 1.49. The Morgan fingerprint density at radius 1 is 1.42 bits per heavy atom. The van der Waals surface area contributed by atoms with Gasteiger partial charge in [0.2, 0.25) is 0 Å². The van der Waals surface area contributed by atoms with E-state index < -0.39 is 5.56 Å². The van der Waals surface area contributed by atoms with Crippen molar-refractivity contribution in [2.75, 3.05) is 0 Å². The van der Waals surface area contributed by atoms with Crippen LogP contribution >= 0.6 is 11.6 Å². The number of hydrogen-bond donors (Lipinski definition) is 1. The van der Waals surface area contributed by atoms with Crippen LogP contribution in [0.15, 0.2) is 30.3 Å². The molecule has 0 aliphatic heterocycles. The number of rotatable bonds is 4. The van der Waals surface area contributed by atoms with E-state index in [0.29, 0.717) is 6.42 Å². The molecule has 0 saturated carbocycles. The molecule has 0 bridgehead atoms. The zero-order chi connectivity index (χ0) is 8.81. The van der Waals surface area contributed by atoms with Crippen LogP contribution in [0.5, 0.6) is 0 Å². The summed E-state index contributed by atoms with van der Waals surface area (Å²) in [6.45, 7) is 0. The van der Waals surface area contributed by atoms with Crippen LogP contribution in [0.3, 0.4) is 0 Å². The Kier molecular flexibility index (Phi) is 4.15. The van der Waals surface area contributed by atoms with Crippen LogP contribution in [0.4, 0.5) is 0 Å². The summed E-state index contributed by atoms with van der Waals surface area (Å²) in [6, 6.07) is 9.77. The van der Waals surface area contributed by atoms with Gasteiger partial charge in [0.15, 0.2) is 0 Å². The van der Waals surface area contributed by atoms with E-state index >= 15 is 0 Å². The summed E-state index contributed by atoms with van der Waals surface area (Å²) < 4.78 is 4.77. The summed E-state index contributed by atoms with van der Waals surface area (Å²) in [7, 11) is -0.332. The van der Waals surface area contributed by atoms with E-state index in [4.69, 9.17) is 21.3 Å². The van der Waals surface area contributed by atoms with E-state index in [1.54, 1.807) is 0 Å². The molecule has 1 rings (SSSR count). The van der Waals surface area contributed by atoms with Crippen LogP contribution in [-0.2, 0) is 11.1 Å². The Morgan fingerprint density at radius 2 is 2.08 bits per heavy atom. The second-order valence-electron chi connectivity index (χ2n) is 2.40. The lowest BCUT2D eigenvalue weighted by Gasteiger charge is -2.07. The highest BCUT2D eigenvalue weighted by molar-refractivity contribution is 6.24. The summed E-state index contributed by atoms with van der Waals surface area (Å²) >= 11 is 5.73. The van der Waals surface area contributed by atoms with Gasteiger partial charge in [-0.3, -0.25) is 0 Å². The van der Waals surface area contributed by atoms with Gasteiger partial charge >= 0.3 is 7.69 Å². The normalized spacial score (nSPS) is 12.5. The summed E-state index contributed by atoms with van der Waals surface area (Å²) in [4.78, 5) is 0. The molecule has 1 unspecified atom stereocenters. The molecule has 1 aromatic carbocycles. The van der Waals surface area contributed by atoms with Crippen LogP contribution in [-0.4, -0.2) is 18.3 Å². The minimum Gasteiger partial charge on any atom is -0.430 e. The van der Waals surface area contributed by atoms with Crippen LogP contribution in [0, 0.1) is 0 Å². The fraction of sp³-hybridized carbons (Fsp3) is 0.250. The zero-order valence-corrected chi connectivity index (χ0v) is 7.37. The van der Waals surface area contributed by atoms with Gasteiger partial charge in [-0.25, -0.2) is 0 Å². The minimum absolute atomic E-state index is 0.332. The van der Waals surface area contributed by atoms with Gasteiger partial charge in [-0.05, 0) is 5.56 Å². The second-order valence-corrected chi connectivity index (χ2v) is 2.88. The third kappa shape index (κ3) is 3.26. The molecule has 0 heterocycles. The Labute approximate surface area is 77.4 Å². The monoisotopic (exact) mass is 184 g/mol. The molecule has 0 fully saturated rings. The molecular weight excluding hydrogens is 174 g/mol. The predicted molar refractivity (Wildman–Crippen MR) is 50.2 cm³/mol. The fourth-order valence-corrected chi connectivity index (χ4v) is 1.17. The van der Waals surface area contributed by atoms with Crippen LogP contribution in [0.2, 0.25) is 0 Å². The average molecular weight is 184 g/mol. The standard InChI is InChI=1S/C8H10BClO2/c10-8(12-9-11)6-7-4-2-1-3-5-7/h1-5,8-9,11H,6H2. The van der Waals surface area contributed by atoms with Crippen LogP contribution in [0.25, 0.3) is 0 Å². The highest BCUT2D eigenvalue weighted by Gasteiger charge is 2.04. The Hall–Kier alpha value is -0.505. The molecule has 2 nitrogen and oxygen atoms in total. The van der Waals surface area contributed by atoms with Crippen molar-refractivity contribution in [1.29, 1.82) is 0 Å². The highest BCUT2D eigenvalue weighted by Crippen LogP contribution is 2.07. The molecule has 64 valence electrons. The van der Waals surface area contributed by atoms with Crippen molar-refractivity contribution < 1.29 is 9.68 Å². The van der Waals surface area contributed by atoms with Crippen molar-refractivity contribution in [3.05, 3.63) is 35.9 Å². The molecule has 1 aromatic rings. The van der Waals surface area contributed by atoms with Gasteiger partial charge in [-0.15, -0.1) is 0 Å². The molecule has 1 atom stereocenters. The molecule has 4 heteroatoms. The van der Waals surface area contributed by atoms with Crippen molar-refractivity contribution in [3.63, 3.8) is 0 Å². The van der Waals surface area contributed by atoms with E-state index in [2.05, 4.69) is 0 Å². The van der Waals surface area contributed by atoms with Crippen LogP contribution in [0.1, 0.15) is 5.56 Å². The first kappa shape index (κ1) is 9.58. The largest absolute Gasteiger partial charge is 0.436 e. The highest BCUT2D eigenvalue weighted by atomic mass is 35.5. The Bertz CT molecular complexity index is 218. The molecule has 0 spiro atoms. The van der Waals surface area contributed by atoms with Crippen molar-refractivity contribution >= 4 is 19.3 Å². The molecule has 0 aliphatic carbocycles. The van der Waals surface area contributed by atoms with E-state index in [1.807, 2.05) is 30.3 Å². The van der Waals surface area contributed by atoms with Crippen molar-refractivity contribution in [2.24, 2.45) is 0 Å². The third-order valence-corrected chi connectivity index (χ3v) is 1.77. The molecule has 12 heavy (non-hydrogen) atoms. The van der Waals surface area contributed by atoms with E-state index in [1.165, 1.54) is 0 Å². The van der Waals surface area contributed by atoms with Crippen molar-refractivity contribution in [1.82, 2.24) is 0 Å². The lowest BCUT2D eigenvalue weighted by Crippen LogP contribution is -2.11. The lowest BCUT2D eigenvalue weighted by molar-refractivity contribution is 0.253. The Morgan fingerprint density at radius 3 is 2.67 bits per heavy atom. The van der Waals surface area contributed by atoms with Gasteiger partial charge in [0.05, 0.1) is 0 Å². The summed E-state index contributed by atoms with van der Waals surface area (Å²) in [5.41, 5.74) is 0.656. The summed E-state index contributed by atoms with van der Waals surface area (Å²) in [6.07, 6.45) is 0.614. The maximum Gasteiger partial charge on any atom is 0.436 e. The molecular formula is C8H10BClO2. The predicted octanol–water partition coefficient (Wildman–Crippen LogP) is 1.07. The first-order valence-corrected chi connectivity index (χ1v) is 4.17. The fourth-order valence-electron chi connectivity index (χ4n) is 0.939. The second kappa shape index (κ2) is 5.20. The van der Waals surface area contributed by atoms with Crippen molar-refractivity contribution in [2.45, 2.75) is 12.0 Å². The molecule has 0 aliphatic rings. The van der Waals surface area contributed by atoms with Gasteiger partial charge in [-0.2, -0.15) is 0 Å². The van der Waals surface area contributed by atoms with Gasteiger partial charge in [0.1, 0.15) is 5.56 Å². The maximum absolute atomic E-state index is 8.41. The summed E-state index contributed by atoms with van der Waals surface area (Å²) in [5.74, 6) is 0. The lowest BCUT2D eigenvalue weighted by atomic mass is 10.2. The molecule has 0 aromatic heterocycles. The van der Waals surface area contributed by atoms with E-state index in [-0.39, 0.29) is 7.69 Å². The van der Waals surface area contributed by atoms with E-state index in [9.17, 15) is 0 Å². The Balaban J connectivity index is 2.41. The molecule has 0 saturated heterocycles. The topological polar surface area (TPSA) is 29.5 Å². The first-order chi connectivity index (χ1) is 5.83. The van der Waals surface area contributed by atoms with Gasteiger partial charge in [0, 0.05) is 6.42 Å². The van der Waals surface area contributed by atoms with Gasteiger partial charge in [-0.1, -0.05) is 41.9 Å². The van der Waals surface area contributed by atoms with Crippen molar-refractivity contribution in [3.8, 4) is 0 Å². The first-order valence-electron chi connectivity index (χ1n) is 3.73. The molecule has 1 N–H and O–H groups in total. The number of benzene rings is 1.